The van der Waals surface area contributed by atoms with Crippen molar-refractivity contribution in [3.8, 4) is 6.07 Å². The van der Waals surface area contributed by atoms with E-state index < -0.39 is 0 Å². The minimum absolute atomic E-state index is 0.0149. The zero-order chi connectivity index (χ0) is 21.1. The van der Waals surface area contributed by atoms with Gasteiger partial charge in [-0.25, -0.2) is 24.5 Å². The van der Waals surface area contributed by atoms with Gasteiger partial charge in [-0.05, 0) is 18.6 Å². The molecule has 10 heteroatoms. The summed E-state index contributed by atoms with van der Waals surface area (Å²) in [4.78, 5) is 25.4. The van der Waals surface area contributed by atoms with Crippen molar-refractivity contribution in [1.82, 2.24) is 29.9 Å². The number of hydrogen-bond donors (Lipinski definition) is 1. The van der Waals surface area contributed by atoms with E-state index in [1.165, 1.54) is 0 Å². The average Bonchev–Trinajstić information content (AvgIpc) is 3.42. The summed E-state index contributed by atoms with van der Waals surface area (Å²) in [6, 6.07) is 5.63. The number of carbonyl (C=O) groups is 1. The lowest BCUT2D eigenvalue weighted by molar-refractivity contribution is 0.0953. The Balaban J connectivity index is 1.70. The van der Waals surface area contributed by atoms with Crippen molar-refractivity contribution in [1.29, 1.82) is 5.26 Å². The standard InChI is InChI=1S/C20H21N9O/c1-3-5-15-16(24-12-28-19(15)26-17(27-28)20(30)22-2)10-14-7-9-25-29(14)18-13(11-21)6-4-8-23-18/h4,6,8-9,12,14H,3,5,7,10H2,1-2H3,(H,22,30). The first-order valence-electron chi connectivity index (χ1n) is 9.78. The minimum Gasteiger partial charge on any atom is -0.352 e. The van der Waals surface area contributed by atoms with Crippen LogP contribution in [0, 0.1) is 11.3 Å². The summed E-state index contributed by atoms with van der Waals surface area (Å²) < 4.78 is 1.55. The zero-order valence-electron chi connectivity index (χ0n) is 16.8. The number of fused-ring (bicyclic) bond motifs is 1. The fourth-order valence-corrected chi connectivity index (χ4v) is 3.57. The molecule has 0 bridgehead atoms. The number of hydrogen-bond acceptors (Lipinski definition) is 8. The van der Waals surface area contributed by atoms with Crippen LogP contribution in [0.3, 0.4) is 0 Å². The number of aryl methyl sites for hydroxylation is 1. The molecule has 0 saturated carbocycles. The van der Waals surface area contributed by atoms with Crippen LogP contribution in [-0.4, -0.2) is 49.8 Å². The van der Waals surface area contributed by atoms with Crippen LogP contribution in [0.1, 0.15) is 47.2 Å². The first-order chi connectivity index (χ1) is 14.7. The highest BCUT2D eigenvalue weighted by Gasteiger charge is 2.28. The molecule has 1 unspecified atom stereocenters. The number of nitriles is 1. The molecule has 3 aromatic rings. The fraction of sp³-hybridized carbons (Fsp3) is 0.350. The second kappa shape index (κ2) is 8.24. The maximum atomic E-state index is 11.9. The number of pyridine rings is 1. The summed E-state index contributed by atoms with van der Waals surface area (Å²) >= 11 is 0. The molecule has 1 aliphatic heterocycles. The minimum atomic E-state index is -0.336. The zero-order valence-corrected chi connectivity index (χ0v) is 16.8. The Kier molecular flexibility index (Phi) is 5.34. The van der Waals surface area contributed by atoms with E-state index in [-0.39, 0.29) is 17.8 Å². The number of nitrogens with zero attached hydrogens (tertiary/aromatic N) is 8. The molecule has 3 aromatic heterocycles. The topological polar surface area (TPSA) is 124 Å². The molecular formula is C20H21N9O. The van der Waals surface area contributed by atoms with Crippen LogP contribution in [0.4, 0.5) is 5.82 Å². The molecule has 1 amide bonds. The largest absolute Gasteiger partial charge is 0.352 e. The number of anilines is 1. The first-order valence-corrected chi connectivity index (χ1v) is 9.78. The summed E-state index contributed by atoms with van der Waals surface area (Å²) in [5.74, 6) is 0.324. The summed E-state index contributed by atoms with van der Waals surface area (Å²) in [6.07, 6.45) is 8.07. The van der Waals surface area contributed by atoms with Gasteiger partial charge in [0.05, 0.1) is 17.3 Å². The molecule has 0 aromatic carbocycles. The van der Waals surface area contributed by atoms with Gasteiger partial charge in [-0.3, -0.25) is 4.79 Å². The van der Waals surface area contributed by atoms with Crippen molar-refractivity contribution in [3.05, 3.63) is 47.3 Å². The molecular weight excluding hydrogens is 382 g/mol. The molecule has 10 nitrogen and oxygen atoms in total. The highest BCUT2D eigenvalue weighted by atomic mass is 16.2. The molecule has 4 heterocycles. The maximum Gasteiger partial charge on any atom is 0.290 e. The molecule has 1 N–H and O–H groups in total. The van der Waals surface area contributed by atoms with Gasteiger partial charge in [-0.15, -0.1) is 5.10 Å². The highest BCUT2D eigenvalue weighted by Crippen LogP contribution is 2.27. The van der Waals surface area contributed by atoms with Gasteiger partial charge < -0.3 is 5.32 Å². The van der Waals surface area contributed by atoms with Gasteiger partial charge in [-0.2, -0.15) is 10.4 Å². The Morgan fingerprint density at radius 2 is 2.27 bits per heavy atom. The smallest absolute Gasteiger partial charge is 0.290 e. The normalized spacial score (nSPS) is 15.5. The van der Waals surface area contributed by atoms with Crippen molar-refractivity contribution < 1.29 is 4.79 Å². The second-order valence-corrected chi connectivity index (χ2v) is 6.93. The molecule has 0 radical (unpaired) electrons. The van der Waals surface area contributed by atoms with Crippen LogP contribution in [0.2, 0.25) is 0 Å². The number of aromatic nitrogens is 5. The van der Waals surface area contributed by atoms with E-state index >= 15 is 0 Å². The lowest BCUT2D eigenvalue weighted by Crippen LogP contribution is -2.30. The van der Waals surface area contributed by atoms with Crippen molar-refractivity contribution >= 4 is 23.6 Å². The summed E-state index contributed by atoms with van der Waals surface area (Å²) in [5, 5.41) is 22.4. The molecule has 30 heavy (non-hydrogen) atoms. The molecule has 0 saturated heterocycles. The fourth-order valence-electron chi connectivity index (χ4n) is 3.57. The SMILES string of the molecule is CCCc1c(CC2CC=NN2c2ncccc2C#N)ncn2nc(C(=O)NC)nc12. The highest BCUT2D eigenvalue weighted by molar-refractivity contribution is 5.90. The molecule has 152 valence electrons. The summed E-state index contributed by atoms with van der Waals surface area (Å²) in [6.45, 7) is 2.08. The van der Waals surface area contributed by atoms with Crippen LogP contribution in [0.5, 0.6) is 0 Å². The van der Waals surface area contributed by atoms with Crippen molar-refractivity contribution in [3.63, 3.8) is 0 Å². The van der Waals surface area contributed by atoms with Gasteiger partial charge >= 0.3 is 0 Å². The van der Waals surface area contributed by atoms with Crippen molar-refractivity contribution in [2.75, 3.05) is 12.1 Å². The van der Waals surface area contributed by atoms with Gasteiger partial charge in [-0.1, -0.05) is 13.3 Å². The van der Waals surface area contributed by atoms with E-state index in [1.807, 2.05) is 6.21 Å². The average molecular weight is 403 g/mol. The lowest BCUT2D eigenvalue weighted by atomic mass is 10.0. The van der Waals surface area contributed by atoms with E-state index in [4.69, 9.17) is 0 Å². The molecule has 1 aliphatic rings. The monoisotopic (exact) mass is 403 g/mol. The van der Waals surface area contributed by atoms with Crippen LogP contribution in [0.15, 0.2) is 29.8 Å². The Hall–Kier alpha value is -3.87. The van der Waals surface area contributed by atoms with E-state index in [0.717, 1.165) is 30.5 Å². The van der Waals surface area contributed by atoms with Gasteiger partial charge in [0.15, 0.2) is 11.5 Å². The third-order valence-corrected chi connectivity index (χ3v) is 4.99. The lowest BCUT2D eigenvalue weighted by Gasteiger charge is -2.24. The third kappa shape index (κ3) is 3.45. The number of carbonyl (C=O) groups excluding carboxylic acids is 1. The Morgan fingerprint density at radius 3 is 3.03 bits per heavy atom. The summed E-state index contributed by atoms with van der Waals surface area (Å²) in [7, 11) is 1.55. The molecule has 0 aliphatic carbocycles. The van der Waals surface area contributed by atoms with Gasteiger partial charge in [0.25, 0.3) is 5.91 Å². The van der Waals surface area contributed by atoms with E-state index in [1.54, 1.807) is 41.2 Å². The van der Waals surface area contributed by atoms with Crippen LogP contribution in [0.25, 0.3) is 5.65 Å². The quantitative estimate of drug-likeness (QED) is 0.661. The summed E-state index contributed by atoms with van der Waals surface area (Å²) in [5.41, 5.74) is 2.97. The van der Waals surface area contributed by atoms with E-state index in [2.05, 4.69) is 43.5 Å². The Morgan fingerprint density at radius 1 is 1.40 bits per heavy atom. The number of nitrogens with one attached hydrogen (secondary N) is 1. The van der Waals surface area contributed by atoms with Crippen LogP contribution >= 0.6 is 0 Å². The number of rotatable bonds is 6. The Labute approximate surface area is 173 Å². The van der Waals surface area contributed by atoms with Crippen molar-refractivity contribution in [2.24, 2.45) is 5.10 Å². The second-order valence-electron chi connectivity index (χ2n) is 6.93. The van der Waals surface area contributed by atoms with Crippen molar-refractivity contribution in [2.45, 2.75) is 38.6 Å². The molecule has 1 atom stereocenters. The Bertz CT molecular complexity index is 1160. The number of hydrazone groups is 1. The molecule has 0 fully saturated rings. The third-order valence-electron chi connectivity index (χ3n) is 4.99. The first kappa shape index (κ1) is 19.4. The van der Waals surface area contributed by atoms with Gasteiger partial charge in [0, 0.05) is 37.9 Å². The maximum absolute atomic E-state index is 11.9. The predicted octanol–water partition coefficient (Wildman–Crippen LogP) is 1.51. The predicted molar refractivity (Wildman–Crippen MR) is 110 cm³/mol. The van der Waals surface area contributed by atoms with E-state index in [9.17, 15) is 10.1 Å². The van der Waals surface area contributed by atoms with Crippen LogP contribution < -0.4 is 10.3 Å². The van der Waals surface area contributed by atoms with Gasteiger partial charge in [0.1, 0.15) is 12.4 Å². The molecule has 0 spiro atoms. The van der Waals surface area contributed by atoms with Crippen LogP contribution in [-0.2, 0) is 12.8 Å². The van der Waals surface area contributed by atoms with Gasteiger partial charge in [0.2, 0.25) is 5.82 Å². The number of amides is 1. The van der Waals surface area contributed by atoms with E-state index in [0.29, 0.717) is 23.4 Å². The molecule has 4 rings (SSSR count).